The van der Waals surface area contributed by atoms with E-state index in [-0.39, 0.29) is 12.3 Å². The molecule has 0 unspecified atom stereocenters. The minimum absolute atomic E-state index is 0.0200. The van der Waals surface area contributed by atoms with Crippen molar-refractivity contribution >= 4 is 5.91 Å². The van der Waals surface area contributed by atoms with Gasteiger partial charge in [-0.2, -0.15) is 5.26 Å². The number of likely N-dealkylation sites (N-methyl/N-ethyl adjacent to an activating group) is 1. The van der Waals surface area contributed by atoms with Gasteiger partial charge in [0.15, 0.2) is 0 Å². The van der Waals surface area contributed by atoms with Gasteiger partial charge < -0.3 is 9.80 Å². The van der Waals surface area contributed by atoms with Gasteiger partial charge in [0.25, 0.3) is 0 Å². The van der Waals surface area contributed by atoms with Crippen LogP contribution in [0.5, 0.6) is 0 Å². The Hall–Kier alpha value is -1.08. The van der Waals surface area contributed by atoms with Gasteiger partial charge in [-0.3, -0.25) is 4.79 Å². The lowest BCUT2D eigenvalue weighted by Crippen LogP contribution is -2.48. The summed E-state index contributed by atoms with van der Waals surface area (Å²) in [7, 11) is 0. The number of carbonyl (C=O) groups excluding carboxylic acids is 1. The summed E-state index contributed by atoms with van der Waals surface area (Å²) in [5, 5.41) is 8.36. The number of nitriles is 1. The highest BCUT2D eigenvalue weighted by atomic mass is 16.2. The topological polar surface area (TPSA) is 47.3 Å². The zero-order valence-electron chi connectivity index (χ0n) is 7.99. The minimum Gasteiger partial charge on any atom is -0.339 e. The third-order valence-corrected chi connectivity index (χ3v) is 2.40. The zero-order valence-corrected chi connectivity index (χ0v) is 7.99. The van der Waals surface area contributed by atoms with Crippen LogP contribution in [0.2, 0.25) is 0 Å². The fraction of sp³-hybridized carbons (Fsp3) is 0.778. The van der Waals surface area contributed by atoms with Crippen LogP contribution in [0.3, 0.4) is 0 Å². The van der Waals surface area contributed by atoms with E-state index in [0.717, 1.165) is 32.7 Å². The molecule has 0 saturated carbocycles. The van der Waals surface area contributed by atoms with Gasteiger partial charge in [0.05, 0.1) is 6.07 Å². The number of piperazine rings is 1. The van der Waals surface area contributed by atoms with Crippen LogP contribution >= 0.6 is 0 Å². The fourth-order valence-corrected chi connectivity index (χ4v) is 1.49. The van der Waals surface area contributed by atoms with Gasteiger partial charge in [-0.25, -0.2) is 0 Å². The van der Waals surface area contributed by atoms with Crippen molar-refractivity contribution in [3.63, 3.8) is 0 Å². The number of carbonyl (C=O) groups is 1. The molecule has 0 atom stereocenters. The standard InChI is InChI=1S/C9H15N3O/c1-2-11-5-7-12(8-6-11)9(13)3-4-10/h2-3,5-8H2,1H3. The maximum atomic E-state index is 11.3. The molecule has 0 radical (unpaired) electrons. The van der Waals surface area contributed by atoms with Crippen molar-refractivity contribution in [3.05, 3.63) is 0 Å². The lowest BCUT2D eigenvalue weighted by atomic mass is 10.3. The number of rotatable bonds is 2. The smallest absolute Gasteiger partial charge is 0.236 e. The molecule has 0 bridgehead atoms. The Balaban J connectivity index is 2.33. The first-order chi connectivity index (χ1) is 6.27. The zero-order chi connectivity index (χ0) is 9.68. The predicted octanol–water partition coefficient (Wildman–Crippen LogP) is 0.0642. The fourth-order valence-electron chi connectivity index (χ4n) is 1.49. The maximum absolute atomic E-state index is 11.3. The first-order valence-electron chi connectivity index (χ1n) is 4.65. The lowest BCUT2D eigenvalue weighted by molar-refractivity contribution is -0.131. The third-order valence-electron chi connectivity index (χ3n) is 2.40. The molecule has 0 aliphatic carbocycles. The molecule has 1 rings (SSSR count). The SMILES string of the molecule is CCN1CCN(C(=O)CC#N)CC1. The summed E-state index contributed by atoms with van der Waals surface area (Å²) in [5.74, 6) is -0.0294. The van der Waals surface area contributed by atoms with Crippen LogP contribution < -0.4 is 0 Å². The minimum atomic E-state index is -0.0294. The van der Waals surface area contributed by atoms with E-state index in [0.29, 0.717) is 0 Å². The molecule has 4 nitrogen and oxygen atoms in total. The Labute approximate surface area is 78.7 Å². The van der Waals surface area contributed by atoms with E-state index < -0.39 is 0 Å². The Bertz CT molecular complexity index is 213. The molecule has 1 aliphatic rings. The molecular formula is C9H15N3O. The monoisotopic (exact) mass is 181 g/mol. The Morgan fingerprint density at radius 3 is 2.46 bits per heavy atom. The van der Waals surface area contributed by atoms with E-state index in [1.807, 2.05) is 6.07 Å². The lowest BCUT2D eigenvalue weighted by Gasteiger charge is -2.33. The van der Waals surface area contributed by atoms with Crippen LogP contribution in [0.1, 0.15) is 13.3 Å². The highest BCUT2D eigenvalue weighted by molar-refractivity contribution is 5.78. The molecular weight excluding hydrogens is 166 g/mol. The largest absolute Gasteiger partial charge is 0.339 e. The Morgan fingerprint density at radius 1 is 1.38 bits per heavy atom. The van der Waals surface area contributed by atoms with Gasteiger partial charge in [0, 0.05) is 26.2 Å². The summed E-state index contributed by atoms with van der Waals surface area (Å²) in [4.78, 5) is 15.4. The van der Waals surface area contributed by atoms with Crippen molar-refractivity contribution in [1.82, 2.24) is 9.80 Å². The quantitative estimate of drug-likeness (QED) is 0.605. The molecule has 1 saturated heterocycles. The molecule has 0 aromatic carbocycles. The summed E-state index contributed by atoms with van der Waals surface area (Å²) < 4.78 is 0. The maximum Gasteiger partial charge on any atom is 0.236 e. The molecule has 1 heterocycles. The Kier molecular flexibility index (Phi) is 3.71. The second-order valence-corrected chi connectivity index (χ2v) is 3.15. The van der Waals surface area contributed by atoms with Crippen molar-refractivity contribution < 1.29 is 4.79 Å². The first-order valence-corrected chi connectivity index (χ1v) is 4.65. The van der Waals surface area contributed by atoms with Crippen LogP contribution in [0.15, 0.2) is 0 Å². The molecule has 0 aromatic rings. The van der Waals surface area contributed by atoms with Crippen LogP contribution in [0, 0.1) is 11.3 Å². The van der Waals surface area contributed by atoms with Crippen molar-refractivity contribution in [2.24, 2.45) is 0 Å². The molecule has 0 aromatic heterocycles. The van der Waals surface area contributed by atoms with Gasteiger partial charge in [0.2, 0.25) is 5.91 Å². The molecule has 4 heteroatoms. The molecule has 72 valence electrons. The van der Waals surface area contributed by atoms with E-state index in [2.05, 4.69) is 11.8 Å². The van der Waals surface area contributed by atoms with Crippen LogP contribution in [0.4, 0.5) is 0 Å². The molecule has 1 amide bonds. The highest BCUT2D eigenvalue weighted by Gasteiger charge is 2.19. The normalized spacial score (nSPS) is 18.3. The van der Waals surface area contributed by atoms with E-state index in [9.17, 15) is 4.79 Å². The predicted molar refractivity (Wildman–Crippen MR) is 48.9 cm³/mol. The number of hydrogen-bond acceptors (Lipinski definition) is 3. The Morgan fingerprint density at radius 2 is 2.00 bits per heavy atom. The van der Waals surface area contributed by atoms with Gasteiger partial charge in [-0.05, 0) is 6.54 Å². The van der Waals surface area contributed by atoms with Crippen LogP contribution in [0.25, 0.3) is 0 Å². The van der Waals surface area contributed by atoms with Crippen molar-refractivity contribution in [1.29, 1.82) is 5.26 Å². The average Bonchev–Trinajstić information content (AvgIpc) is 2.18. The summed E-state index contributed by atoms with van der Waals surface area (Å²) in [6.45, 7) is 6.58. The summed E-state index contributed by atoms with van der Waals surface area (Å²) in [6, 6.07) is 1.89. The summed E-state index contributed by atoms with van der Waals surface area (Å²) >= 11 is 0. The van der Waals surface area contributed by atoms with Gasteiger partial charge in [-0.1, -0.05) is 6.92 Å². The average molecular weight is 181 g/mol. The van der Waals surface area contributed by atoms with E-state index >= 15 is 0 Å². The molecule has 13 heavy (non-hydrogen) atoms. The summed E-state index contributed by atoms with van der Waals surface area (Å²) in [6.07, 6.45) is 0.0200. The first kappa shape index (κ1) is 10.0. The summed E-state index contributed by atoms with van der Waals surface area (Å²) in [5.41, 5.74) is 0. The highest BCUT2D eigenvalue weighted by Crippen LogP contribution is 2.02. The molecule has 0 spiro atoms. The third kappa shape index (κ3) is 2.71. The van der Waals surface area contributed by atoms with Crippen LogP contribution in [-0.2, 0) is 4.79 Å². The second-order valence-electron chi connectivity index (χ2n) is 3.15. The second kappa shape index (κ2) is 4.83. The number of hydrogen-bond donors (Lipinski definition) is 0. The molecule has 1 fully saturated rings. The van der Waals surface area contributed by atoms with E-state index in [1.54, 1.807) is 4.90 Å². The van der Waals surface area contributed by atoms with Gasteiger partial charge in [-0.15, -0.1) is 0 Å². The van der Waals surface area contributed by atoms with Gasteiger partial charge >= 0.3 is 0 Å². The van der Waals surface area contributed by atoms with Crippen LogP contribution in [-0.4, -0.2) is 48.4 Å². The van der Waals surface area contributed by atoms with Crippen molar-refractivity contribution in [2.75, 3.05) is 32.7 Å². The number of amides is 1. The van der Waals surface area contributed by atoms with E-state index in [1.165, 1.54) is 0 Å². The van der Waals surface area contributed by atoms with E-state index in [4.69, 9.17) is 5.26 Å². The molecule has 1 aliphatic heterocycles. The van der Waals surface area contributed by atoms with Gasteiger partial charge in [0.1, 0.15) is 6.42 Å². The number of nitrogens with zero attached hydrogens (tertiary/aromatic N) is 3. The van der Waals surface area contributed by atoms with Crippen molar-refractivity contribution in [3.8, 4) is 6.07 Å². The van der Waals surface area contributed by atoms with Crippen molar-refractivity contribution in [2.45, 2.75) is 13.3 Å². The molecule has 0 N–H and O–H groups in total.